The summed E-state index contributed by atoms with van der Waals surface area (Å²) in [5, 5.41) is 9.87. The van der Waals surface area contributed by atoms with E-state index < -0.39 is 0 Å². The lowest BCUT2D eigenvalue weighted by atomic mass is 10.3. The fraction of sp³-hybridized carbons (Fsp3) is 0.143. The summed E-state index contributed by atoms with van der Waals surface area (Å²) in [7, 11) is 0. The number of hydrogen-bond donors (Lipinski definition) is 4. The third kappa shape index (κ3) is 5.58. The smallest absolute Gasteiger partial charge is 0.203 e. The Morgan fingerprint density at radius 3 is 2.71 bits per heavy atom. The maximum atomic E-state index is 7.12. The molecule has 0 spiro atoms. The molecule has 80 valence electrons. The van der Waals surface area contributed by atoms with Crippen molar-refractivity contribution < 1.29 is 0 Å². The molecule has 0 amide bonds. The van der Waals surface area contributed by atoms with E-state index in [0.717, 1.165) is 5.56 Å². The summed E-state index contributed by atoms with van der Waals surface area (Å²) >= 11 is 0. The number of guanidine groups is 1. The third-order valence-corrected chi connectivity index (χ3v) is 1.34. The van der Waals surface area contributed by atoms with E-state index in [2.05, 4.69) is 15.7 Å². The predicted octanol–water partition coefficient (Wildman–Crippen LogP) is 0.413. The number of rotatable bonds is 2. The van der Waals surface area contributed by atoms with Crippen LogP contribution in [0, 0.1) is 5.41 Å². The largest absolute Gasteiger partial charge is 0.351 e. The molecule has 7 heteroatoms. The number of hydrazine groups is 1. The summed E-state index contributed by atoms with van der Waals surface area (Å²) in [5.41, 5.74) is 3.20. The van der Waals surface area contributed by atoms with Gasteiger partial charge in [0.25, 0.3) is 0 Å². The number of nitrogens with zero attached hydrogens (tertiary/aromatic N) is 1. The van der Waals surface area contributed by atoms with Crippen molar-refractivity contribution in [3.63, 3.8) is 0 Å². The van der Waals surface area contributed by atoms with E-state index in [-0.39, 0.29) is 30.8 Å². The van der Waals surface area contributed by atoms with Crippen molar-refractivity contribution in [2.45, 2.75) is 6.54 Å². The molecule has 0 aromatic carbocycles. The summed E-state index contributed by atoms with van der Waals surface area (Å²) in [5.74, 6) is 5.08. The molecule has 5 N–H and O–H groups in total. The van der Waals surface area contributed by atoms with Crippen LogP contribution in [0.2, 0.25) is 0 Å². The van der Waals surface area contributed by atoms with Crippen LogP contribution in [0.5, 0.6) is 0 Å². The predicted molar refractivity (Wildman–Crippen MR) is 60.6 cm³/mol. The summed E-state index contributed by atoms with van der Waals surface area (Å²) < 4.78 is 0. The fourth-order valence-electron chi connectivity index (χ4n) is 0.744. The van der Waals surface area contributed by atoms with Crippen molar-refractivity contribution in [1.82, 2.24) is 15.7 Å². The maximum absolute atomic E-state index is 7.12. The molecule has 0 unspecified atom stereocenters. The van der Waals surface area contributed by atoms with Gasteiger partial charge in [0.15, 0.2) is 0 Å². The summed E-state index contributed by atoms with van der Waals surface area (Å²) in [4.78, 5) is 3.93. The van der Waals surface area contributed by atoms with Gasteiger partial charge >= 0.3 is 0 Å². The van der Waals surface area contributed by atoms with Crippen LogP contribution < -0.4 is 16.6 Å². The van der Waals surface area contributed by atoms with Crippen molar-refractivity contribution in [2.75, 3.05) is 0 Å². The molecule has 0 aliphatic rings. The highest BCUT2D eigenvalue weighted by atomic mass is 35.5. The zero-order valence-corrected chi connectivity index (χ0v) is 8.99. The van der Waals surface area contributed by atoms with Gasteiger partial charge in [-0.05, 0) is 11.6 Å². The van der Waals surface area contributed by atoms with Gasteiger partial charge in [0.2, 0.25) is 5.96 Å². The molecule has 0 aliphatic heterocycles. The maximum Gasteiger partial charge on any atom is 0.203 e. The highest BCUT2D eigenvalue weighted by molar-refractivity contribution is 5.85. The van der Waals surface area contributed by atoms with Crippen molar-refractivity contribution in [3.05, 3.63) is 30.1 Å². The number of hydrogen-bond acceptors (Lipinski definition) is 3. The monoisotopic (exact) mass is 237 g/mol. The second kappa shape index (κ2) is 8.55. The Kier molecular flexibility index (Phi) is 9.43. The first kappa shape index (κ1) is 15.4. The number of pyridine rings is 1. The molecule has 14 heavy (non-hydrogen) atoms. The van der Waals surface area contributed by atoms with E-state index >= 15 is 0 Å². The Bertz CT molecular complexity index is 254. The van der Waals surface area contributed by atoms with Crippen LogP contribution in [0.1, 0.15) is 5.56 Å². The van der Waals surface area contributed by atoms with Crippen molar-refractivity contribution >= 4 is 30.8 Å². The molecule has 0 saturated heterocycles. The van der Waals surface area contributed by atoms with Crippen LogP contribution in [0.25, 0.3) is 0 Å². The van der Waals surface area contributed by atoms with Crippen LogP contribution in [0.4, 0.5) is 0 Å². The SMILES string of the molecule is Cl.Cl.N=C(NN)NCc1cccnc1. The zero-order chi connectivity index (χ0) is 8.81. The third-order valence-electron chi connectivity index (χ3n) is 1.34. The van der Waals surface area contributed by atoms with E-state index in [1.165, 1.54) is 0 Å². The van der Waals surface area contributed by atoms with E-state index in [9.17, 15) is 0 Å². The molecule has 1 aromatic heterocycles. The van der Waals surface area contributed by atoms with Crippen LogP contribution in [0.15, 0.2) is 24.5 Å². The van der Waals surface area contributed by atoms with Gasteiger partial charge in [0.1, 0.15) is 0 Å². The summed E-state index contributed by atoms with van der Waals surface area (Å²) in [6, 6.07) is 3.76. The van der Waals surface area contributed by atoms with Gasteiger partial charge in [0, 0.05) is 18.9 Å². The Hall–Kier alpha value is -1.04. The second-order valence-electron chi connectivity index (χ2n) is 2.23. The molecule has 1 heterocycles. The Morgan fingerprint density at radius 1 is 1.50 bits per heavy atom. The van der Waals surface area contributed by atoms with Gasteiger partial charge < -0.3 is 5.32 Å². The molecule has 0 radical (unpaired) electrons. The van der Waals surface area contributed by atoms with E-state index in [1.54, 1.807) is 12.4 Å². The van der Waals surface area contributed by atoms with Crippen molar-refractivity contribution in [3.8, 4) is 0 Å². The molecule has 0 bridgehead atoms. The Labute approximate surface area is 94.8 Å². The van der Waals surface area contributed by atoms with Crippen LogP contribution >= 0.6 is 24.8 Å². The Morgan fingerprint density at radius 2 is 2.21 bits per heavy atom. The molecule has 0 fully saturated rings. The molecule has 0 aliphatic carbocycles. The van der Waals surface area contributed by atoms with Gasteiger partial charge in [0.05, 0.1) is 0 Å². The van der Waals surface area contributed by atoms with Gasteiger partial charge in [-0.2, -0.15) is 0 Å². The topological polar surface area (TPSA) is 86.8 Å². The molecule has 1 aromatic rings. The molecular formula is C7H13Cl2N5. The number of nitrogens with two attached hydrogens (primary N) is 1. The molecular weight excluding hydrogens is 225 g/mol. The molecule has 1 rings (SSSR count). The lowest BCUT2D eigenvalue weighted by Gasteiger charge is -2.05. The van der Waals surface area contributed by atoms with Gasteiger partial charge in [-0.1, -0.05) is 6.07 Å². The van der Waals surface area contributed by atoms with E-state index in [1.807, 2.05) is 12.1 Å². The normalized spacial score (nSPS) is 7.79. The summed E-state index contributed by atoms with van der Waals surface area (Å²) in [6.45, 7) is 0.552. The minimum atomic E-state index is 0. The first-order valence-electron chi connectivity index (χ1n) is 3.51. The zero-order valence-electron chi connectivity index (χ0n) is 7.36. The van der Waals surface area contributed by atoms with Crippen molar-refractivity contribution in [1.29, 1.82) is 5.41 Å². The first-order chi connectivity index (χ1) is 5.83. The Balaban J connectivity index is 0. The summed E-state index contributed by atoms with van der Waals surface area (Å²) in [6.07, 6.45) is 3.44. The van der Waals surface area contributed by atoms with Crippen molar-refractivity contribution in [2.24, 2.45) is 5.84 Å². The first-order valence-corrected chi connectivity index (χ1v) is 3.51. The van der Waals surface area contributed by atoms with E-state index in [4.69, 9.17) is 11.3 Å². The average molecular weight is 238 g/mol. The van der Waals surface area contributed by atoms with Gasteiger partial charge in [-0.15, -0.1) is 24.8 Å². The van der Waals surface area contributed by atoms with Crippen LogP contribution in [-0.4, -0.2) is 10.9 Å². The minimum Gasteiger partial charge on any atom is -0.351 e. The van der Waals surface area contributed by atoms with Crippen LogP contribution in [0.3, 0.4) is 0 Å². The quantitative estimate of drug-likeness (QED) is 0.260. The van der Waals surface area contributed by atoms with Gasteiger partial charge in [-0.3, -0.25) is 15.8 Å². The van der Waals surface area contributed by atoms with Crippen LogP contribution in [-0.2, 0) is 6.54 Å². The number of nitrogens with one attached hydrogen (secondary N) is 3. The highest BCUT2D eigenvalue weighted by Crippen LogP contribution is 1.93. The molecule has 5 nitrogen and oxygen atoms in total. The molecule has 0 saturated carbocycles. The fourth-order valence-corrected chi connectivity index (χ4v) is 0.744. The molecule has 0 atom stereocenters. The highest BCUT2D eigenvalue weighted by Gasteiger charge is 1.92. The average Bonchev–Trinajstić information content (AvgIpc) is 2.16. The lowest BCUT2D eigenvalue weighted by molar-refractivity contribution is 0.831. The minimum absolute atomic E-state index is 0. The van der Waals surface area contributed by atoms with Gasteiger partial charge in [-0.25, -0.2) is 5.84 Å². The lowest BCUT2D eigenvalue weighted by Crippen LogP contribution is -2.40. The second-order valence-corrected chi connectivity index (χ2v) is 2.23. The number of halogens is 2. The van der Waals surface area contributed by atoms with E-state index in [0.29, 0.717) is 6.54 Å². The standard InChI is InChI=1S/C7H11N5.2ClH/c8-7(12-9)11-5-6-2-1-3-10-4-6;;/h1-4H,5,9H2,(H3,8,11,12);2*1H. The number of aromatic nitrogens is 1.